The van der Waals surface area contributed by atoms with Crippen molar-refractivity contribution in [1.29, 1.82) is 0 Å². The first-order valence-electron chi connectivity index (χ1n) is 12.6. The van der Waals surface area contributed by atoms with Crippen LogP contribution in [-0.2, 0) is 20.7 Å². The monoisotopic (exact) mass is 576 g/mol. The molecule has 3 unspecified atom stereocenters. The normalized spacial score (nSPS) is 19.0. The molecule has 3 rings (SSSR count). The number of hydrogen-bond donors (Lipinski definition) is 0. The van der Waals surface area contributed by atoms with Crippen molar-refractivity contribution in [1.82, 2.24) is 10.2 Å². The number of benzene rings is 1. The molecule has 220 valence electrons. The summed E-state index contributed by atoms with van der Waals surface area (Å²) in [6.07, 6.45) is -7.23. The first-order valence-corrected chi connectivity index (χ1v) is 12.6. The molecule has 0 spiro atoms. The predicted molar refractivity (Wildman–Crippen MR) is 130 cm³/mol. The number of alkyl halides is 5. The quantitative estimate of drug-likeness (QED) is 0.135. The van der Waals surface area contributed by atoms with Gasteiger partial charge in [-0.25, -0.2) is 4.39 Å². The van der Waals surface area contributed by atoms with Crippen LogP contribution in [0.3, 0.4) is 0 Å². The van der Waals surface area contributed by atoms with Crippen LogP contribution in [0, 0.1) is 23.6 Å². The van der Waals surface area contributed by atoms with E-state index in [-0.39, 0.29) is 47.6 Å². The fourth-order valence-corrected chi connectivity index (χ4v) is 4.55. The van der Waals surface area contributed by atoms with Gasteiger partial charge in [0.15, 0.2) is 5.78 Å². The number of Topliss-reactive ketones (excluding diaryl/α,β-unsaturated/α-hetero) is 1. The van der Waals surface area contributed by atoms with E-state index in [4.69, 9.17) is 13.9 Å². The maximum atomic E-state index is 15.0. The number of carbonyl (C=O) groups is 2. The molecular weight excluding hydrogens is 546 g/mol. The molecule has 3 atom stereocenters. The predicted octanol–water partition coefficient (Wildman–Crippen LogP) is 6.68. The minimum absolute atomic E-state index is 0.0538. The summed E-state index contributed by atoms with van der Waals surface area (Å²) in [5.41, 5.74) is -2.69. The van der Waals surface area contributed by atoms with Gasteiger partial charge in [-0.15, -0.1) is 10.2 Å². The minimum Gasteiger partial charge on any atom is -0.450 e. The molecule has 40 heavy (non-hydrogen) atoms. The highest BCUT2D eigenvalue weighted by Gasteiger charge is 2.51. The van der Waals surface area contributed by atoms with Crippen LogP contribution in [0.5, 0.6) is 0 Å². The maximum absolute atomic E-state index is 15.0. The fourth-order valence-electron chi connectivity index (χ4n) is 4.55. The SMILES string of the molecule is C=C(CC1CCOCC1C(C)C(=O)OC(C)(C)C(F)(F)F)C(=O)c1cc(-c2nnc(C(F)F)o2)cc(F)c1CC. The number of halogens is 6. The zero-order valence-corrected chi connectivity index (χ0v) is 22.4. The van der Waals surface area contributed by atoms with Gasteiger partial charge in [-0.1, -0.05) is 20.4 Å². The van der Waals surface area contributed by atoms with Gasteiger partial charge in [0.2, 0.25) is 11.5 Å². The molecule has 1 aromatic carbocycles. The van der Waals surface area contributed by atoms with Crippen molar-refractivity contribution in [2.24, 2.45) is 17.8 Å². The Labute approximate surface area is 226 Å². The van der Waals surface area contributed by atoms with Crippen LogP contribution in [0.15, 0.2) is 28.7 Å². The third-order valence-corrected chi connectivity index (χ3v) is 7.10. The van der Waals surface area contributed by atoms with Gasteiger partial charge in [-0.3, -0.25) is 9.59 Å². The number of aromatic nitrogens is 2. The van der Waals surface area contributed by atoms with E-state index < -0.39 is 59.4 Å². The zero-order chi connectivity index (χ0) is 30.0. The average Bonchev–Trinajstić information content (AvgIpc) is 3.37. The summed E-state index contributed by atoms with van der Waals surface area (Å²) < 4.78 is 95.6. The Balaban J connectivity index is 1.83. The summed E-state index contributed by atoms with van der Waals surface area (Å²) in [6, 6.07) is 2.27. The third-order valence-electron chi connectivity index (χ3n) is 7.10. The molecule has 0 saturated carbocycles. The van der Waals surface area contributed by atoms with E-state index in [1.165, 1.54) is 13.0 Å². The Kier molecular flexibility index (Phi) is 9.48. The van der Waals surface area contributed by atoms with Crippen LogP contribution < -0.4 is 0 Å². The van der Waals surface area contributed by atoms with Gasteiger partial charge in [0.05, 0.1) is 12.5 Å². The number of nitrogens with zero attached hydrogens (tertiary/aromatic N) is 2. The Morgan fingerprint density at radius 3 is 2.45 bits per heavy atom. The van der Waals surface area contributed by atoms with E-state index in [0.717, 1.165) is 19.9 Å². The van der Waals surface area contributed by atoms with Crippen LogP contribution in [0.4, 0.5) is 26.3 Å². The lowest BCUT2D eigenvalue weighted by molar-refractivity contribution is -0.260. The summed E-state index contributed by atoms with van der Waals surface area (Å²) in [6.45, 7) is 8.81. The molecule has 1 aliphatic heterocycles. The Bertz CT molecular complexity index is 1260. The van der Waals surface area contributed by atoms with Gasteiger partial charge >= 0.3 is 18.6 Å². The number of rotatable bonds is 10. The Morgan fingerprint density at radius 1 is 1.20 bits per heavy atom. The highest BCUT2D eigenvalue weighted by molar-refractivity contribution is 6.09. The largest absolute Gasteiger partial charge is 0.450 e. The Morgan fingerprint density at radius 2 is 1.88 bits per heavy atom. The number of esters is 1. The van der Waals surface area contributed by atoms with Gasteiger partial charge in [-0.2, -0.15) is 22.0 Å². The highest BCUT2D eigenvalue weighted by Crippen LogP contribution is 2.38. The van der Waals surface area contributed by atoms with Crippen molar-refractivity contribution >= 4 is 11.8 Å². The second-order valence-electron chi connectivity index (χ2n) is 10.2. The van der Waals surface area contributed by atoms with E-state index in [0.29, 0.717) is 13.0 Å². The van der Waals surface area contributed by atoms with Crippen LogP contribution in [0.1, 0.15) is 68.8 Å². The molecule has 1 fully saturated rings. The summed E-state index contributed by atoms with van der Waals surface area (Å²) >= 11 is 0. The molecule has 0 bridgehead atoms. The lowest BCUT2D eigenvalue weighted by Gasteiger charge is -2.36. The summed E-state index contributed by atoms with van der Waals surface area (Å²) in [7, 11) is 0. The van der Waals surface area contributed by atoms with Gasteiger partial charge < -0.3 is 13.9 Å². The third kappa shape index (κ3) is 6.73. The molecule has 7 nitrogen and oxygen atoms in total. The second-order valence-corrected chi connectivity index (χ2v) is 10.2. The topological polar surface area (TPSA) is 91.5 Å². The standard InChI is InChI=1S/C27H30F6N2O5/c1-6-17-18(10-16(11-20(17)28)23-34-35-24(39-23)22(29)30)21(36)13(2)9-15-7-8-38-12-19(15)14(3)25(37)40-26(4,5)27(31,32)33/h10-11,14-15,19,22H,2,6-9,12H2,1,3-5H3. The van der Waals surface area contributed by atoms with E-state index >= 15 is 0 Å². The molecule has 0 N–H and O–H groups in total. The van der Waals surface area contributed by atoms with Crippen molar-refractivity contribution in [2.45, 2.75) is 65.2 Å². The first-order chi connectivity index (χ1) is 18.6. The summed E-state index contributed by atoms with van der Waals surface area (Å²) in [5, 5.41) is 6.73. The second kappa shape index (κ2) is 12.1. The molecule has 1 saturated heterocycles. The van der Waals surface area contributed by atoms with Gasteiger partial charge in [0.1, 0.15) is 5.82 Å². The van der Waals surface area contributed by atoms with E-state index in [1.807, 2.05) is 0 Å². The molecule has 1 aromatic heterocycles. The van der Waals surface area contributed by atoms with E-state index in [9.17, 15) is 35.9 Å². The minimum atomic E-state index is -4.77. The molecule has 1 aliphatic rings. The van der Waals surface area contributed by atoms with Crippen LogP contribution in [0.25, 0.3) is 11.5 Å². The first kappa shape index (κ1) is 31.3. The molecule has 0 amide bonds. The lowest BCUT2D eigenvalue weighted by atomic mass is 9.76. The lowest BCUT2D eigenvalue weighted by Crippen LogP contribution is -2.46. The smallest absolute Gasteiger partial charge is 0.427 e. The number of ketones is 1. The van der Waals surface area contributed by atoms with E-state index in [2.05, 4.69) is 16.8 Å². The van der Waals surface area contributed by atoms with Crippen LogP contribution in [-0.4, -0.2) is 46.9 Å². The highest BCUT2D eigenvalue weighted by atomic mass is 19.4. The molecular formula is C27H30F6N2O5. The van der Waals surface area contributed by atoms with Crippen molar-refractivity contribution in [3.63, 3.8) is 0 Å². The molecule has 2 heterocycles. The fraction of sp³-hybridized carbons (Fsp3) is 0.556. The van der Waals surface area contributed by atoms with Gasteiger partial charge in [-0.05, 0) is 68.2 Å². The van der Waals surface area contributed by atoms with Crippen LogP contribution in [0.2, 0.25) is 0 Å². The Hall–Kier alpha value is -3.22. The molecule has 13 heteroatoms. The number of ether oxygens (including phenoxy) is 2. The van der Waals surface area contributed by atoms with E-state index in [1.54, 1.807) is 6.92 Å². The molecule has 0 aliphatic carbocycles. The number of hydrogen-bond acceptors (Lipinski definition) is 7. The van der Waals surface area contributed by atoms with Crippen molar-refractivity contribution in [2.75, 3.05) is 13.2 Å². The van der Waals surface area contributed by atoms with Crippen molar-refractivity contribution in [3.8, 4) is 11.5 Å². The summed E-state index contributed by atoms with van der Waals surface area (Å²) in [4.78, 5) is 26.1. The average molecular weight is 577 g/mol. The molecule has 0 radical (unpaired) electrons. The number of carbonyl (C=O) groups excluding carboxylic acids is 2. The zero-order valence-electron chi connectivity index (χ0n) is 22.4. The van der Waals surface area contributed by atoms with Gasteiger partial charge in [0, 0.05) is 17.7 Å². The van der Waals surface area contributed by atoms with Crippen molar-refractivity contribution in [3.05, 3.63) is 47.1 Å². The maximum Gasteiger partial charge on any atom is 0.427 e. The van der Waals surface area contributed by atoms with Crippen molar-refractivity contribution < 1.29 is 49.8 Å². The molecule has 2 aromatic rings. The van der Waals surface area contributed by atoms with Gasteiger partial charge in [0.25, 0.3) is 5.89 Å². The van der Waals surface area contributed by atoms with Crippen LogP contribution >= 0.6 is 0 Å². The number of allylic oxidation sites excluding steroid dienone is 1. The summed E-state index contributed by atoms with van der Waals surface area (Å²) in [5.74, 6) is -5.72.